The minimum absolute atomic E-state index is 0.0931. The summed E-state index contributed by atoms with van der Waals surface area (Å²) >= 11 is 4.01. The number of nitrogens with zero attached hydrogens (tertiary/aromatic N) is 1. The Bertz CT molecular complexity index is 649. The molecule has 0 amide bonds. The normalized spacial score (nSPS) is 11.6. The molecule has 1 aromatic heterocycles. The molecule has 0 aliphatic rings. The van der Waals surface area contributed by atoms with E-state index in [0.717, 1.165) is 15.8 Å². The smallest absolute Gasteiger partial charge is 0.306 e. The molecule has 0 spiro atoms. The Labute approximate surface area is 110 Å². The molecular weight excluding hydrogens is 328 g/mol. The van der Waals surface area contributed by atoms with Gasteiger partial charge in [-0.15, -0.1) is 0 Å². The van der Waals surface area contributed by atoms with Gasteiger partial charge in [-0.3, -0.25) is 4.55 Å². The zero-order valence-corrected chi connectivity index (χ0v) is 11.5. The predicted molar refractivity (Wildman–Crippen MR) is 69.5 cm³/mol. The summed E-state index contributed by atoms with van der Waals surface area (Å²) in [5.41, 5.74) is 6.21. The van der Waals surface area contributed by atoms with Crippen molar-refractivity contribution in [2.75, 3.05) is 5.73 Å². The lowest BCUT2D eigenvalue weighted by Gasteiger charge is -1.99. The van der Waals surface area contributed by atoms with Crippen molar-refractivity contribution >= 4 is 42.5 Å². The molecule has 0 atom stereocenters. The first-order chi connectivity index (χ1) is 7.88. The molecule has 0 saturated heterocycles. The highest BCUT2D eigenvalue weighted by atomic mass is 79.9. The van der Waals surface area contributed by atoms with Crippen LogP contribution in [0.25, 0.3) is 11.3 Å². The number of anilines is 1. The van der Waals surface area contributed by atoms with E-state index < -0.39 is 10.1 Å². The summed E-state index contributed by atoms with van der Waals surface area (Å²) in [6.07, 6.45) is 0. The quantitative estimate of drug-likeness (QED) is 0.822. The number of hydrogen-bond acceptors (Lipinski definition) is 5. The Morgan fingerprint density at radius 2 is 1.88 bits per heavy atom. The standard InChI is InChI=1S/C9H7BrN2O3S2/c10-6-3-1-5(2-4-6)7-8(17(13,14)15)16-9(11)12-7/h1-4H,(H2,11,12)(H,13,14,15). The molecule has 0 aliphatic heterocycles. The van der Waals surface area contributed by atoms with Gasteiger partial charge in [0.2, 0.25) is 0 Å². The largest absolute Gasteiger partial charge is 0.375 e. The van der Waals surface area contributed by atoms with Gasteiger partial charge in [-0.2, -0.15) is 8.42 Å². The van der Waals surface area contributed by atoms with Gasteiger partial charge in [0.1, 0.15) is 5.69 Å². The average Bonchev–Trinajstić information content (AvgIpc) is 2.61. The number of halogens is 1. The maximum Gasteiger partial charge on any atom is 0.306 e. The van der Waals surface area contributed by atoms with Crippen LogP contribution in [0.5, 0.6) is 0 Å². The number of nitrogen functional groups attached to an aromatic ring is 1. The van der Waals surface area contributed by atoms with E-state index in [9.17, 15) is 8.42 Å². The van der Waals surface area contributed by atoms with Crippen molar-refractivity contribution < 1.29 is 13.0 Å². The second-order valence-corrected chi connectivity index (χ2v) is 6.73. The van der Waals surface area contributed by atoms with Crippen LogP contribution >= 0.6 is 27.3 Å². The molecule has 0 radical (unpaired) electrons. The Kier molecular flexibility index (Phi) is 3.21. The minimum atomic E-state index is -4.31. The maximum absolute atomic E-state index is 11.2. The molecule has 1 heterocycles. The van der Waals surface area contributed by atoms with Crippen molar-refractivity contribution in [2.45, 2.75) is 4.21 Å². The molecule has 2 rings (SSSR count). The van der Waals surface area contributed by atoms with Gasteiger partial charge in [0.15, 0.2) is 9.34 Å². The van der Waals surface area contributed by atoms with Crippen LogP contribution in [0, 0.1) is 0 Å². The summed E-state index contributed by atoms with van der Waals surface area (Å²) in [6, 6.07) is 6.87. The molecule has 90 valence electrons. The third-order valence-corrected chi connectivity index (χ3v) is 4.72. The highest BCUT2D eigenvalue weighted by Crippen LogP contribution is 2.33. The molecular formula is C9H7BrN2O3S2. The molecule has 2 aromatic rings. The summed E-state index contributed by atoms with van der Waals surface area (Å²) in [5, 5.41) is 0.0931. The molecule has 0 saturated carbocycles. The van der Waals surface area contributed by atoms with E-state index in [0.29, 0.717) is 5.56 Å². The van der Waals surface area contributed by atoms with Crippen molar-refractivity contribution in [3.8, 4) is 11.3 Å². The number of thiazole rings is 1. The van der Waals surface area contributed by atoms with E-state index in [1.54, 1.807) is 24.3 Å². The summed E-state index contributed by atoms with van der Waals surface area (Å²) in [7, 11) is -4.31. The highest BCUT2D eigenvalue weighted by molar-refractivity contribution is 9.10. The second kappa shape index (κ2) is 4.37. The van der Waals surface area contributed by atoms with Crippen LogP contribution in [-0.2, 0) is 10.1 Å². The topological polar surface area (TPSA) is 93.3 Å². The van der Waals surface area contributed by atoms with Gasteiger partial charge in [-0.1, -0.05) is 39.4 Å². The van der Waals surface area contributed by atoms with Crippen LogP contribution in [0.4, 0.5) is 5.13 Å². The molecule has 17 heavy (non-hydrogen) atoms. The van der Waals surface area contributed by atoms with Crippen molar-refractivity contribution in [1.82, 2.24) is 4.98 Å². The van der Waals surface area contributed by atoms with Crippen molar-refractivity contribution in [3.05, 3.63) is 28.7 Å². The van der Waals surface area contributed by atoms with Gasteiger partial charge in [0.05, 0.1) is 0 Å². The van der Waals surface area contributed by atoms with E-state index in [2.05, 4.69) is 20.9 Å². The number of benzene rings is 1. The third kappa shape index (κ3) is 2.65. The van der Waals surface area contributed by atoms with E-state index in [1.165, 1.54) is 0 Å². The van der Waals surface area contributed by atoms with E-state index in [4.69, 9.17) is 10.3 Å². The minimum Gasteiger partial charge on any atom is -0.375 e. The van der Waals surface area contributed by atoms with E-state index >= 15 is 0 Å². The monoisotopic (exact) mass is 334 g/mol. The van der Waals surface area contributed by atoms with E-state index in [-0.39, 0.29) is 15.0 Å². The van der Waals surface area contributed by atoms with Crippen LogP contribution in [0.3, 0.4) is 0 Å². The Balaban J connectivity index is 2.64. The lowest BCUT2D eigenvalue weighted by molar-refractivity contribution is 0.485. The van der Waals surface area contributed by atoms with Crippen LogP contribution in [0.1, 0.15) is 0 Å². The highest BCUT2D eigenvalue weighted by Gasteiger charge is 2.22. The fourth-order valence-electron chi connectivity index (χ4n) is 1.29. The van der Waals surface area contributed by atoms with Gasteiger partial charge in [-0.05, 0) is 12.1 Å². The molecule has 1 aromatic carbocycles. The molecule has 0 aliphatic carbocycles. The number of rotatable bonds is 2. The molecule has 0 unspecified atom stereocenters. The first-order valence-corrected chi connectivity index (χ1v) is 7.42. The summed E-state index contributed by atoms with van der Waals surface area (Å²) in [6.45, 7) is 0. The van der Waals surface area contributed by atoms with Gasteiger partial charge in [0, 0.05) is 10.0 Å². The lowest BCUT2D eigenvalue weighted by Crippen LogP contribution is -1.97. The lowest BCUT2D eigenvalue weighted by atomic mass is 10.2. The first-order valence-electron chi connectivity index (χ1n) is 4.37. The molecule has 0 fully saturated rings. The number of aromatic nitrogens is 1. The van der Waals surface area contributed by atoms with Crippen LogP contribution < -0.4 is 5.73 Å². The van der Waals surface area contributed by atoms with E-state index in [1.807, 2.05) is 0 Å². The number of nitrogens with two attached hydrogens (primary N) is 1. The summed E-state index contributed by atoms with van der Waals surface area (Å²) in [5.74, 6) is 0. The zero-order chi connectivity index (χ0) is 12.6. The molecule has 0 bridgehead atoms. The van der Waals surface area contributed by atoms with Crippen LogP contribution in [-0.4, -0.2) is 18.0 Å². The fourth-order valence-corrected chi connectivity index (χ4v) is 3.22. The molecule has 8 heteroatoms. The third-order valence-electron chi connectivity index (χ3n) is 1.96. The Morgan fingerprint density at radius 1 is 1.29 bits per heavy atom. The van der Waals surface area contributed by atoms with Gasteiger partial charge in [0.25, 0.3) is 0 Å². The Morgan fingerprint density at radius 3 is 2.41 bits per heavy atom. The average molecular weight is 335 g/mol. The van der Waals surface area contributed by atoms with Crippen LogP contribution in [0.15, 0.2) is 32.9 Å². The SMILES string of the molecule is Nc1nc(-c2ccc(Br)cc2)c(S(=O)(=O)O)s1. The zero-order valence-electron chi connectivity index (χ0n) is 8.29. The molecule has 5 nitrogen and oxygen atoms in total. The summed E-state index contributed by atoms with van der Waals surface area (Å²) < 4.78 is 32.0. The van der Waals surface area contributed by atoms with Crippen molar-refractivity contribution in [3.63, 3.8) is 0 Å². The maximum atomic E-state index is 11.2. The second-order valence-electron chi connectivity index (χ2n) is 3.17. The van der Waals surface area contributed by atoms with Crippen molar-refractivity contribution in [1.29, 1.82) is 0 Å². The fraction of sp³-hybridized carbons (Fsp3) is 0. The first kappa shape index (κ1) is 12.5. The van der Waals surface area contributed by atoms with Gasteiger partial charge < -0.3 is 5.73 Å². The molecule has 3 N–H and O–H groups in total. The van der Waals surface area contributed by atoms with Gasteiger partial charge >= 0.3 is 10.1 Å². The predicted octanol–water partition coefficient (Wildman–Crippen LogP) is 2.40. The summed E-state index contributed by atoms with van der Waals surface area (Å²) in [4.78, 5) is 3.92. The number of hydrogen-bond donors (Lipinski definition) is 2. The Hall–Kier alpha value is -0.960. The van der Waals surface area contributed by atoms with Crippen molar-refractivity contribution in [2.24, 2.45) is 0 Å². The van der Waals surface area contributed by atoms with Crippen LogP contribution in [0.2, 0.25) is 0 Å². The van der Waals surface area contributed by atoms with Gasteiger partial charge in [-0.25, -0.2) is 4.98 Å².